The molecule has 0 saturated carbocycles. The molecule has 0 aromatic carbocycles. The van der Waals surface area contributed by atoms with Gasteiger partial charge in [0, 0.05) is 12.0 Å². The van der Waals surface area contributed by atoms with E-state index in [2.05, 4.69) is 13.0 Å². The molecule has 0 rings (SSSR count). The predicted molar refractivity (Wildman–Crippen MR) is 81.5 cm³/mol. The van der Waals surface area contributed by atoms with Crippen molar-refractivity contribution < 1.29 is 5.11 Å². The maximum absolute atomic E-state index is 9.75. The lowest BCUT2D eigenvalue weighted by atomic mass is 9.97. The second-order valence-electron chi connectivity index (χ2n) is 4.91. The van der Waals surface area contributed by atoms with Gasteiger partial charge in [-0.05, 0) is 38.3 Å². The summed E-state index contributed by atoms with van der Waals surface area (Å²) in [4.78, 5) is 0. The van der Waals surface area contributed by atoms with Gasteiger partial charge in [0.1, 0.15) is 0 Å². The van der Waals surface area contributed by atoms with E-state index < -0.39 is 0 Å². The predicted octanol–water partition coefficient (Wildman–Crippen LogP) is 4.31. The number of aliphatic hydroxyl groups excluding tert-OH is 1. The third kappa shape index (κ3) is 7.43. The van der Waals surface area contributed by atoms with Crippen molar-refractivity contribution in [1.82, 2.24) is 0 Å². The van der Waals surface area contributed by atoms with Crippen molar-refractivity contribution in [2.24, 2.45) is 5.92 Å². The first-order chi connectivity index (χ1) is 8.92. The molecule has 0 amide bonds. The van der Waals surface area contributed by atoms with Crippen molar-refractivity contribution in [3.63, 3.8) is 0 Å². The van der Waals surface area contributed by atoms with Gasteiger partial charge in [-0.3, -0.25) is 0 Å². The van der Waals surface area contributed by atoms with Crippen molar-refractivity contribution in [3.8, 4) is 6.07 Å². The summed E-state index contributed by atoms with van der Waals surface area (Å²) in [5.74, 6) is 0.164. The Balaban J connectivity index is 4.73. The van der Waals surface area contributed by atoms with Gasteiger partial charge in [-0.15, -0.1) is 0 Å². The lowest BCUT2D eigenvalue weighted by Gasteiger charge is -2.14. The number of allylic oxidation sites excluding steroid dienone is 7. The molecule has 2 heteroatoms. The fraction of sp³-hybridized carbons (Fsp3) is 0.471. The molecule has 0 unspecified atom stereocenters. The van der Waals surface area contributed by atoms with Gasteiger partial charge >= 0.3 is 0 Å². The molecule has 0 aliphatic rings. The molecule has 19 heavy (non-hydrogen) atoms. The van der Waals surface area contributed by atoms with Crippen LogP contribution >= 0.6 is 0 Å². The summed E-state index contributed by atoms with van der Waals surface area (Å²) in [5, 5.41) is 18.2. The molecule has 0 bridgehead atoms. The number of nitriles is 1. The third-order valence-electron chi connectivity index (χ3n) is 3.16. The van der Waals surface area contributed by atoms with Gasteiger partial charge < -0.3 is 5.11 Å². The summed E-state index contributed by atoms with van der Waals surface area (Å²) >= 11 is 0. The highest BCUT2D eigenvalue weighted by molar-refractivity contribution is 5.33. The molecule has 0 aliphatic heterocycles. The van der Waals surface area contributed by atoms with Crippen molar-refractivity contribution >= 4 is 0 Å². The molecule has 0 heterocycles. The summed E-state index contributed by atoms with van der Waals surface area (Å²) in [6, 6.07) is 2.00. The minimum atomic E-state index is -0.279. The van der Waals surface area contributed by atoms with Crippen LogP contribution in [0.1, 0.15) is 41.0 Å². The average molecular weight is 259 g/mol. The van der Waals surface area contributed by atoms with Crippen LogP contribution in [0.15, 0.2) is 47.1 Å². The quantitative estimate of drug-likeness (QED) is 0.570. The number of rotatable bonds is 6. The van der Waals surface area contributed by atoms with E-state index in [4.69, 9.17) is 5.26 Å². The summed E-state index contributed by atoms with van der Waals surface area (Å²) in [5.41, 5.74) is 3.27. The number of hydrogen-bond donors (Lipinski definition) is 1. The summed E-state index contributed by atoms with van der Waals surface area (Å²) in [6.45, 7) is 10.0. The fourth-order valence-electron chi connectivity index (χ4n) is 1.63. The summed E-state index contributed by atoms with van der Waals surface area (Å²) < 4.78 is 0. The number of aliphatic hydroxyl groups is 1. The molecule has 0 radical (unpaired) electrons. The van der Waals surface area contributed by atoms with E-state index in [1.54, 1.807) is 0 Å². The third-order valence-corrected chi connectivity index (χ3v) is 3.16. The highest BCUT2D eigenvalue weighted by Crippen LogP contribution is 2.16. The molecular weight excluding hydrogens is 234 g/mol. The lowest BCUT2D eigenvalue weighted by Crippen LogP contribution is -2.14. The van der Waals surface area contributed by atoms with Gasteiger partial charge in [0.25, 0.3) is 0 Å². The molecule has 0 spiro atoms. The highest BCUT2D eigenvalue weighted by Gasteiger charge is 2.09. The van der Waals surface area contributed by atoms with Gasteiger partial charge in [-0.2, -0.15) is 5.26 Å². The molecule has 1 N–H and O–H groups in total. The molecule has 0 aromatic heterocycles. The van der Waals surface area contributed by atoms with Crippen LogP contribution in [-0.4, -0.2) is 11.2 Å². The minimum Gasteiger partial charge on any atom is -0.393 e. The molecule has 0 aromatic rings. The van der Waals surface area contributed by atoms with E-state index in [1.165, 1.54) is 11.6 Å². The van der Waals surface area contributed by atoms with E-state index in [9.17, 15) is 5.11 Å². The van der Waals surface area contributed by atoms with Crippen LogP contribution in [0.3, 0.4) is 0 Å². The van der Waals surface area contributed by atoms with Crippen molar-refractivity contribution in [2.75, 3.05) is 0 Å². The Hall–Kier alpha value is -1.59. The van der Waals surface area contributed by atoms with Crippen molar-refractivity contribution in [3.05, 3.63) is 47.1 Å². The Morgan fingerprint density at radius 1 is 1.26 bits per heavy atom. The first-order valence-corrected chi connectivity index (χ1v) is 6.70. The molecule has 2 nitrogen and oxygen atoms in total. The van der Waals surface area contributed by atoms with E-state index in [1.807, 2.05) is 52.0 Å². The van der Waals surface area contributed by atoms with Gasteiger partial charge in [-0.1, -0.05) is 43.7 Å². The zero-order chi connectivity index (χ0) is 14.8. The Morgan fingerprint density at radius 2 is 1.89 bits per heavy atom. The second kappa shape index (κ2) is 9.35. The van der Waals surface area contributed by atoms with Crippen LogP contribution in [0.25, 0.3) is 0 Å². The zero-order valence-electron chi connectivity index (χ0n) is 12.6. The van der Waals surface area contributed by atoms with Crippen LogP contribution in [0, 0.1) is 17.2 Å². The first kappa shape index (κ1) is 17.4. The lowest BCUT2D eigenvalue weighted by molar-refractivity contribution is 0.133. The van der Waals surface area contributed by atoms with E-state index in [0.29, 0.717) is 0 Å². The maximum atomic E-state index is 9.75. The summed E-state index contributed by atoms with van der Waals surface area (Å²) in [7, 11) is 0. The average Bonchev–Trinajstić information content (AvgIpc) is 2.37. The molecule has 0 aliphatic carbocycles. The molecule has 2 atom stereocenters. The van der Waals surface area contributed by atoms with Crippen LogP contribution < -0.4 is 0 Å². The van der Waals surface area contributed by atoms with E-state index in [0.717, 1.165) is 17.6 Å². The topological polar surface area (TPSA) is 44.0 Å². The van der Waals surface area contributed by atoms with E-state index in [-0.39, 0.29) is 12.0 Å². The minimum absolute atomic E-state index is 0.164. The zero-order valence-corrected chi connectivity index (χ0v) is 12.6. The largest absolute Gasteiger partial charge is 0.393 e. The highest BCUT2D eigenvalue weighted by atomic mass is 16.3. The first-order valence-electron chi connectivity index (χ1n) is 6.70. The van der Waals surface area contributed by atoms with Crippen molar-refractivity contribution in [1.29, 1.82) is 5.26 Å². The molecule has 104 valence electrons. The SMILES string of the molecule is CC[C@H](O)[C@H](C)/C=C(C)/C(C)=C/C=C/C(C)=C\C#N. The molecular formula is C17H25NO. The standard InChI is InChI=1S/C17H25NO/c1-6-17(19)16(5)12-15(4)14(3)9-7-8-13(2)10-11-18/h7-10,12,16-17,19H,6H2,1-5H3/b8-7+,13-10-,14-9+,15-12+/t16-,17+/m1/s1. The van der Waals surface area contributed by atoms with Gasteiger partial charge in [0.15, 0.2) is 0 Å². The van der Waals surface area contributed by atoms with E-state index >= 15 is 0 Å². The number of hydrogen-bond acceptors (Lipinski definition) is 2. The fourth-order valence-corrected chi connectivity index (χ4v) is 1.63. The normalized spacial score (nSPS) is 17.4. The Morgan fingerprint density at radius 3 is 2.42 bits per heavy atom. The Kier molecular flexibility index (Phi) is 8.57. The summed E-state index contributed by atoms with van der Waals surface area (Å²) in [6.07, 6.45) is 9.98. The molecule has 0 saturated heterocycles. The Labute approximate surface area is 117 Å². The van der Waals surface area contributed by atoms with Gasteiger partial charge in [-0.25, -0.2) is 0 Å². The van der Waals surface area contributed by atoms with Gasteiger partial charge in [0.05, 0.1) is 12.2 Å². The maximum Gasteiger partial charge on any atom is 0.0914 e. The monoisotopic (exact) mass is 259 g/mol. The second-order valence-corrected chi connectivity index (χ2v) is 4.91. The number of nitrogens with zero attached hydrogens (tertiary/aromatic N) is 1. The van der Waals surface area contributed by atoms with Crippen molar-refractivity contribution in [2.45, 2.75) is 47.1 Å². The van der Waals surface area contributed by atoms with Crippen LogP contribution in [0.5, 0.6) is 0 Å². The van der Waals surface area contributed by atoms with Crippen LogP contribution in [-0.2, 0) is 0 Å². The van der Waals surface area contributed by atoms with Crippen LogP contribution in [0.2, 0.25) is 0 Å². The molecule has 0 fully saturated rings. The Bertz CT molecular complexity index is 433. The smallest absolute Gasteiger partial charge is 0.0914 e. The van der Waals surface area contributed by atoms with Crippen LogP contribution in [0.4, 0.5) is 0 Å². The van der Waals surface area contributed by atoms with Gasteiger partial charge in [0.2, 0.25) is 0 Å².